The average molecular weight is 531 g/mol. The number of pyridine rings is 1. The van der Waals surface area contributed by atoms with E-state index in [4.69, 9.17) is 24.2 Å². The van der Waals surface area contributed by atoms with Crippen molar-refractivity contribution in [1.82, 2.24) is 15.0 Å². The number of ether oxygens (including phenoxy) is 3. The molecule has 0 aliphatic carbocycles. The Morgan fingerprint density at radius 1 is 1.08 bits per heavy atom. The molecule has 3 heterocycles. The van der Waals surface area contributed by atoms with Gasteiger partial charge in [0.25, 0.3) is 0 Å². The number of nitrogens with one attached hydrogen (secondary N) is 1. The zero-order valence-electron chi connectivity index (χ0n) is 21.1. The van der Waals surface area contributed by atoms with Crippen LogP contribution in [0.15, 0.2) is 59.8 Å². The molecule has 9 nitrogen and oxygen atoms in total. The number of rotatable bonds is 8. The fourth-order valence-corrected chi connectivity index (χ4v) is 4.93. The number of hydrogen-bond donors (Lipinski definition) is 2. The van der Waals surface area contributed by atoms with Gasteiger partial charge >= 0.3 is 0 Å². The molecule has 0 radical (unpaired) electrons. The number of aliphatic hydroxyl groups excluding tert-OH is 1. The highest BCUT2D eigenvalue weighted by Gasteiger charge is 2.28. The summed E-state index contributed by atoms with van der Waals surface area (Å²) >= 11 is 1.30. The van der Waals surface area contributed by atoms with E-state index in [0.29, 0.717) is 57.3 Å². The first-order valence-electron chi connectivity index (χ1n) is 11.9. The number of nitrogens with zero attached hydrogens (tertiary/aromatic N) is 3. The van der Waals surface area contributed by atoms with Crippen LogP contribution in [0.25, 0.3) is 11.4 Å². The number of amides is 1. The van der Waals surface area contributed by atoms with Crippen molar-refractivity contribution in [2.45, 2.75) is 25.0 Å². The van der Waals surface area contributed by atoms with E-state index in [1.807, 2.05) is 31.2 Å². The van der Waals surface area contributed by atoms with Crippen molar-refractivity contribution < 1.29 is 24.1 Å². The number of carbonyl (C=O) groups excluding carboxylic acids is 1. The van der Waals surface area contributed by atoms with Gasteiger partial charge in [-0.2, -0.15) is 4.98 Å². The van der Waals surface area contributed by atoms with E-state index in [-0.39, 0.29) is 18.3 Å². The smallest absolute Gasteiger partial charge is 0.234 e. The molecule has 0 unspecified atom stereocenters. The van der Waals surface area contributed by atoms with Crippen molar-refractivity contribution in [1.29, 1.82) is 0 Å². The van der Waals surface area contributed by atoms with E-state index in [2.05, 4.69) is 10.3 Å². The van der Waals surface area contributed by atoms with E-state index < -0.39 is 0 Å². The summed E-state index contributed by atoms with van der Waals surface area (Å²) in [5.41, 5.74) is 4.41. The summed E-state index contributed by atoms with van der Waals surface area (Å²) in [6.45, 7) is 1.69. The standard InChI is InChI=1S/C28H26N4O5S/c1-16-25-22(18(14-33)13-29-16)12-23-27(37-25)31-26(17-5-4-6-21(11-17)36-3)32-28(23)38-15-24(34)30-19-7-9-20(35-2)10-8-19/h4-11,13,33H,12,14-15H2,1-3H3,(H,30,34). The van der Waals surface area contributed by atoms with E-state index in [9.17, 15) is 9.90 Å². The molecular formula is C28H26N4O5S. The third-order valence-electron chi connectivity index (χ3n) is 6.10. The summed E-state index contributed by atoms with van der Waals surface area (Å²) in [6, 6.07) is 14.6. The van der Waals surface area contributed by atoms with Crippen molar-refractivity contribution in [3.8, 4) is 34.5 Å². The summed E-state index contributed by atoms with van der Waals surface area (Å²) in [7, 11) is 3.19. The van der Waals surface area contributed by atoms with E-state index >= 15 is 0 Å². The average Bonchev–Trinajstić information content (AvgIpc) is 2.95. The first kappa shape index (κ1) is 25.5. The van der Waals surface area contributed by atoms with Gasteiger partial charge in [0.05, 0.1) is 37.8 Å². The SMILES string of the molecule is COc1ccc(NC(=O)CSc2nc(-c3cccc(OC)c3)nc3c2Cc2c(CO)cnc(C)c2O3)cc1. The van der Waals surface area contributed by atoms with Crippen LogP contribution in [0, 0.1) is 6.92 Å². The highest BCUT2D eigenvalue weighted by atomic mass is 32.2. The number of benzene rings is 2. The molecule has 1 aliphatic heterocycles. The number of aliphatic hydroxyl groups is 1. The Morgan fingerprint density at radius 3 is 2.61 bits per heavy atom. The molecule has 5 rings (SSSR count). The molecule has 2 aromatic carbocycles. The molecule has 194 valence electrons. The van der Waals surface area contributed by atoms with Crippen LogP contribution in [0.1, 0.15) is 22.4 Å². The fraction of sp³-hybridized carbons (Fsp3) is 0.214. The van der Waals surface area contributed by atoms with Gasteiger partial charge < -0.3 is 24.6 Å². The second kappa shape index (κ2) is 11.1. The molecule has 2 N–H and O–H groups in total. The maximum atomic E-state index is 12.8. The normalized spacial score (nSPS) is 11.7. The van der Waals surface area contributed by atoms with Crippen molar-refractivity contribution in [2.75, 3.05) is 25.3 Å². The van der Waals surface area contributed by atoms with Crippen LogP contribution in [0.2, 0.25) is 0 Å². The van der Waals surface area contributed by atoms with E-state index in [0.717, 1.165) is 16.7 Å². The third-order valence-corrected chi connectivity index (χ3v) is 7.12. The van der Waals surface area contributed by atoms with Crippen molar-refractivity contribution in [2.24, 2.45) is 0 Å². The lowest BCUT2D eigenvalue weighted by Gasteiger charge is -2.24. The first-order valence-corrected chi connectivity index (χ1v) is 12.9. The van der Waals surface area contributed by atoms with Gasteiger partial charge in [0.2, 0.25) is 11.8 Å². The molecule has 0 saturated heterocycles. The van der Waals surface area contributed by atoms with Crippen LogP contribution in [0.5, 0.6) is 23.1 Å². The van der Waals surface area contributed by atoms with Crippen LogP contribution >= 0.6 is 11.8 Å². The molecule has 0 fully saturated rings. The number of methoxy groups -OCH3 is 2. The summed E-state index contributed by atoms with van der Waals surface area (Å²) in [4.78, 5) is 26.7. The van der Waals surface area contributed by atoms with Crippen molar-refractivity contribution in [3.05, 3.63) is 77.1 Å². The maximum Gasteiger partial charge on any atom is 0.234 e. The number of fused-ring (bicyclic) bond motifs is 2. The molecule has 38 heavy (non-hydrogen) atoms. The van der Waals surface area contributed by atoms with Crippen LogP contribution < -0.4 is 19.5 Å². The molecule has 10 heteroatoms. The minimum atomic E-state index is -0.177. The molecule has 0 spiro atoms. The van der Waals surface area contributed by atoms with Crippen LogP contribution in [0.4, 0.5) is 5.69 Å². The topological polar surface area (TPSA) is 116 Å². The number of aryl methyl sites for hydroxylation is 1. The minimum Gasteiger partial charge on any atom is -0.497 e. The van der Waals surface area contributed by atoms with Gasteiger partial charge in [-0.3, -0.25) is 9.78 Å². The zero-order valence-corrected chi connectivity index (χ0v) is 22.0. The van der Waals surface area contributed by atoms with Gasteiger partial charge in [0.1, 0.15) is 16.5 Å². The van der Waals surface area contributed by atoms with Crippen LogP contribution in [0.3, 0.4) is 0 Å². The molecule has 0 atom stereocenters. The number of aromatic nitrogens is 3. The molecular weight excluding hydrogens is 504 g/mol. The van der Waals surface area contributed by atoms with Crippen LogP contribution in [-0.4, -0.2) is 45.9 Å². The Morgan fingerprint density at radius 2 is 1.87 bits per heavy atom. The molecule has 1 amide bonds. The van der Waals surface area contributed by atoms with Gasteiger partial charge in [-0.25, -0.2) is 4.98 Å². The second-order valence-electron chi connectivity index (χ2n) is 8.55. The van der Waals surface area contributed by atoms with E-state index in [1.54, 1.807) is 44.7 Å². The summed E-state index contributed by atoms with van der Waals surface area (Å²) in [6.07, 6.45) is 2.11. The Kier molecular flexibility index (Phi) is 7.43. The van der Waals surface area contributed by atoms with Crippen LogP contribution in [-0.2, 0) is 17.8 Å². The predicted molar refractivity (Wildman–Crippen MR) is 144 cm³/mol. The summed E-state index contributed by atoms with van der Waals surface area (Å²) in [5, 5.41) is 13.4. The van der Waals surface area contributed by atoms with Gasteiger partial charge in [-0.15, -0.1) is 0 Å². The monoisotopic (exact) mass is 530 g/mol. The quantitative estimate of drug-likeness (QED) is 0.216. The largest absolute Gasteiger partial charge is 0.497 e. The van der Waals surface area contributed by atoms with Crippen molar-refractivity contribution >= 4 is 23.4 Å². The lowest BCUT2D eigenvalue weighted by atomic mass is 9.99. The van der Waals surface area contributed by atoms with Gasteiger partial charge in [-0.05, 0) is 43.3 Å². The third kappa shape index (κ3) is 5.27. The fourth-order valence-electron chi connectivity index (χ4n) is 4.11. The van der Waals surface area contributed by atoms with Gasteiger partial charge in [-0.1, -0.05) is 23.9 Å². The van der Waals surface area contributed by atoms with Gasteiger partial charge in [0.15, 0.2) is 11.6 Å². The second-order valence-corrected chi connectivity index (χ2v) is 9.51. The predicted octanol–water partition coefficient (Wildman–Crippen LogP) is 4.78. The number of thioether (sulfide) groups is 1. The Balaban J connectivity index is 1.47. The van der Waals surface area contributed by atoms with E-state index in [1.165, 1.54) is 11.8 Å². The Hall–Kier alpha value is -4.15. The number of carbonyl (C=O) groups is 1. The minimum absolute atomic E-state index is 0.127. The maximum absolute atomic E-state index is 12.8. The summed E-state index contributed by atoms with van der Waals surface area (Å²) < 4.78 is 16.8. The lowest BCUT2D eigenvalue weighted by molar-refractivity contribution is -0.113. The molecule has 2 aromatic heterocycles. The molecule has 4 aromatic rings. The summed E-state index contributed by atoms with van der Waals surface area (Å²) in [5.74, 6) is 2.79. The zero-order chi connectivity index (χ0) is 26.6. The highest BCUT2D eigenvalue weighted by Crippen LogP contribution is 2.42. The number of anilines is 1. The highest BCUT2D eigenvalue weighted by molar-refractivity contribution is 8.00. The molecule has 1 aliphatic rings. The van der Waals surface area contributed by atoms with Crippen molar-refractivity contribution in [3.63, 3.8) is 0 Å². The number of hydrogen-bond acceptors (Lipinski definition) is 9. The Labute approximate surface area is 224 Å². The first-order chi connectivity index (χ1) is 18.5. The molecule has 0 saturated carbocycles. The lowest BCUT2D eigenvalue weighted by Crippen LogP contribution is -2.16. The Bertz CT molecular complexity index is 1490. The molecule has 0 bridgehead atoms. The van der Waals surface area contributed by atoms with Gasteiger partial charge in [0, 0.05) is 35.0 Å².